The molecule has 1 rings (SSSR count). The molecule has 1 amide bonds. The summed E-state index contributed by atoms with van der Waals surface area (Å²) < 4.78 is 0. The molecule has 0 aromatic heterocycles. The Hall–Kier alpha value is -1.61. The molecule has 0 saturated heterocycles. The Labute approximate surface area is 116 Å². The Balaban J connectivity index is 2.67. The predicted molar refractivity (Wildman–Crippen MR) is 79.6 cm³/mol. The molecule has 2 unspecified atom stereocenters. The molecule has 0 bridgehead atoms. The average molecular weight is 260 g/mol. The lowest BCUT2D eigenvalue weighted by Crippen LogP contribution is -2.52. The smallest absolute Gasteiger partial charge is 0.265 e. The van der Waals surface area contributed by atoms with Gasteiger partial charge in [0.2, 0.25) is 0 Å². The van der Waals surface area contributed by atoms with Crippen LogP contribution in [0.4, 0.5) is 0 Å². The molecule has 2 atom stereocenters. The monoisotopic (exact) mass is 260 g/mol. The van der Waals surface area contributed by atoms with Crippen molar-refractivity contribution in [1.29, 1.82) is 0 Å². The van der Waals surface area contributed by atoms with Crippen LogP contribution in [0.2, 0.25) is 0 Å². The Morgan fingerprint density at radius 1 is 1.26 bits per heavy atom. The van der Waals surface area contributed by atoms with E-state index in [0.717, 1.165) is 0 Å². The summed E-state index contributed by atoms with van der Waals surface area (Å²) >= 11 is 0. The molecular weight excluding hydrogens is 236 g/mol. The fourth-order valence-electron chi connectivity index (χ4n) is 2.08. The second-order valence-electron chi connectivity index (χ2n) is 5.90. The van der Waals surface area contributed by atoms with Crippen molar-refractivity contribution in [3.63, 3.8) is 0 Å². The second kappa shape index (κ2) is 6.53. The zero-order chi connectivity index (χ0) is 14.5. The first-order valence-corrected chi connectivity index (χ1v) is 6.59. The van der Waals surface area contributed by atoms with Gasteiger partial charge in [-0.1, -0.05) is 52.0 Å². The van der Waals surface area contributed by atoms with E-state index in [1.165, 1.54) is 0 Å². The SMILES string of the molecule is C=CC(C)C(NNC(=O)c1ccccc1)C(C)(C)C. The quantitative estimate of drug-likeness (QED) is 0.630. The highest BCUT2D eigenvalue weighted by Gasteiger charge is 2.28. The van der Waals surface area contributed by atoms with Crippen LogP contribution in [0.3, 0.4) is 0 Å². The zero-order valence-electron chi connectivity index (χ0n) is 12.2. The molecule has 1 aromatic carbocycles. The molecular formula is C16H24N2O. The normalized spacial score (nSPS) is 14.5. The number of amides is 1. The molecule has 19 heavy (non-hydrogen) atoms. The van der Waals surface area contributed by atoms with Crippen molar-refractivity contribution in [2.45, 2.75) is 33.7 Å². The molecule has 104 valence electrons. The number of hydrogen-bond acceptors (Lipinski definition) is 2. The molecule has 2 N–H and O–H groups in total. The van der Waals surface area contributed by atoms with Gasteiger partial charge in [-0.3, -0.25) is 10.2 Å². The molecule has 1 aromatic rings. The van der Waals surface area contributed by atoms with E-state index < -0.39 is 0 Å². The lowest BCUT2D eigenvalue weighted by Gasteiger charge is -2.35. The van der Waals surface area contributed by atoms with E-state index >= 15 is 0 Å². The van der Waals surface area contributed by atoms with E-state index in [-0.39, 0.29) is 23.3 Å². The van der Waals surface area contributed by atoms with E-state index in [0.29, 0.717) is 5.56 Å². The summed E-state index contributed by atoms with van der Waals surface area (Å²) in [4.78, 5) is 12.0. The largest absolute Gasteiger partial charge is 0.287 e. The minimum absolute atomic E-state index is 0.0254. The molecule has 3 heteroatoms. The van der Waals surface area contributed by atoms with Gasteiger partial charge in [0.05, 0.1) is 0 Å². The van der Waals surface area contributed by atoms with Gasteiger partial charge in [-0.05, 0) is 23.5 Å². The van der Waals surface area contributed by atoms with Crippen LogP contribution in [-0.2, 0) is 0 Å². The molecule has 0 aliphatic carbocycles. The number of carbonyl (C=O) groups is 1. The van der Waals surface area contributed by atoms with Crippen LogP contribution in [0.25, 0.3) is 0 Å². The Morgan fingerprint density at radius 2 is 1.84 bits per heavy atom. The third-order valence-corrected chi connectivity index (χ3v) is 3.21. The highest BCUT2D eigenvalue weighted by molar-refractivity contribution is 5.93. The van der Waals surface area contributed by atoms with Crippen molar-refractivity contribution < 1.29 is 4.79 Å². The summed E-state index contributed by atoms with van der Waals surface area (Å²) in [6, 6.07) is 9.30. The van der Waals surface area contributed by atoms with Crippen LogP contribution in [0.1, 0.15) is 38.1 Å². The topological polar surface area (TPSA) is 41.1 Å². The predicted octanol–water partition coefficient (Wildman–Crippen LogP) is 3.16. The van der Waals surface area contributed by atoms with Crippen molar-refractivity contribution in [2.24, 2.45) is 11.3 Å². The fourth-order valence-corrected chi connectivity index (χ4v) is 2.08. The number of rotatable bonds is 5. The first kappa shape index (κ1) is 15.4. The fraction of sp³-hybridized carbons (Fsp3) is 0.438. The Kier molecular flexibility index (Phi) is 5.31. The van der Waals surface area contributed by atoms with Crippen LogP contribution < -0.4 is 10.9 Å². The Bertz CT molecular complexity index is 420. The van der Waals surface area contributed by atoms with Crippen LogP contribution in [0.5, 0.6) is 0 Å². The first-order chi connectivity index (χ1) is 8.86. The van der Waals surface area contributed by atoms with Gasteiger partial charge in [0.25, 0.3) is 5.91 Å². The van der Waals surface area contributed by atoms with Crippen LogP contribution >= 0.6 is 0 Å². The van der Waals surface area contributed by atoms with E-state index in [2.05, 4.69) is 45.1 Å². The lowest BCUT2D eigenvalue weighted by molar-refractivity contribution is 0.0896. The number of benzene rings is 1. The highest BCUT2D eigenvalue weighted by Crippen LogP contribution is 2.25. The maximum Gasteiger partial charge on any atom is 0.265 e. The van der Waals surface area contributed by atoms with E-state index in [1.54, 1.807) is 12.1 Å². The molecule has 3 nitrogen and oxygen atoms in total. The van der Waals surface area contributed by atoms with Crippen molar-refractivity contribution >= 4 is 5.91 Å². The standard InChI is InChI=1S/C16H24N2O/c1-6-12(2)14(16(3,4)5)17-18-15(19)13-10-8-7-9-11-13/h6-12,14,17H,1H2,2-5H3,(H,18,19). The summed E-state index contributed by atoms with van der Waals surface area (Å²) in [5.74, 6) is 0.141. The Morgan fingerprint density at radius 3 is 2.32 bits per heavy atom. The van der Waals surface area contributed by atoms with E-state index in [9.17, 15) is 4.79 Å². The summed E-state index contributed by atoms with van der Waals surface area (Å²) in [5.41, 5.74) is 6.59. The minimum Gasteiger partial charge on any atom is -0.287 e. The molecule has 0 saturated carbocycles. The van der Waals surface area contributed by atoms with Gasteiger partial charge in [0, 0.05) is 11.6 Å². The summed E-state index contributed by atoms with van der Waals surface area (Å²) in [7, 11) is 0. The van der Waals surface area contributed by atoms with Crippen molar-refractivity contribution in [1.82, 2.24) is 10.9 Å². The maximum absolute atomic E-state index is 12.0. The highest BCUT2D eigenvalue weighted by atomic mass is 16.2. The van der Waals surface area contributed by atoms with Gasteiger partial charge in [-0.15, -0.1) is 6.58 Å². The van der Waals surface area contributed by atoms with Gasteiger partial charge in [0.1, 0.15) is 0 Å². The van der Waals surface area contributed by atoms with E-state index in [4.69, 9.17) is 0 Å². The maximum atomic E-state index is 12.0. The van der Waals surface area contributed by atoms with Crippen molar-refractivity contribution in [2.75, 3.05) is 0 Å². The number of hydrogen-bond donors (Lipinski definition) is 2. The minimum atomic E-state index is -0.119. The average Bonchev–Trinajstić information content (AvgIpc) is 2.37. The van der Waals surface area contributed by atoms with Gasteiger partial charge in [-0.25, -0.2) is 5.43 Å². The number of nitrogens with one attached hydrogen (secondary N) is 2. The van der Waals surface area contributed by atoms with Crippen molar-refractivity contribution in [3.05, 3.63) is 48.6 Å². The molecule has 0 spiro atoms. The van der Waals surface area contributed by atoms with Crippen LogP contribution in [0.15, 0.2) is 43.0 Å². The molecule has 0 aliphatic heterocycles. The molecule has 0 radical (unpaired) electrons. The van der Waals surface area contributed by atoms with Gasteiger partial charge >= 0.3 is 0 Å². The molecule has 0 fully saturated rings. The van der Waals surface area contributed by atoms with Gasteiger partial charge in [-0.2, -0.15) is 0 Å². The number of carbonyl (C=O) groups excluding carboxylic acids is 1. The molecule has 0 aliphatic rings. The first-order valence-electron chi connectivity index (χ1n) is 6.59. The summed E-state index contributed by atoms with van der Waals surface area (Å²) in [6.45, 7) is 12.3. The van der Waals surface area contributed by atoms with E-state index in [1.807, 2.05) is 24.3 Å². The zero-order valence-corrected chi connectivity index (χ0v) is 12.2. The van der Waals surface area contributed by atoms with Gasteiger partial charge < -0.3 is 0 Å². The van der Waals surface area contributed by atoms with Crippen LogP contribution in [-0.4, -0.2) is 11.9 Å². The summed E-state index contributed by atoms with van der Waals surface area (Å²) in [5, 5.41) is 0. The second-order valence-corrected chi connectivity index (χ2v) is 5.90. The lowest BCUT2D eigenvalue weighted by atomic mass is 9.80. The number of hydrazine groups is 1. The summed E-state index contributed by atoms with van der Waals surface area (Å²) in [6.07, 6.45) is 1.90. The van der Waals surface area contributed by atoms with Crippen molar-refractivity contribution in [3.8, 4) is 0 Å². The van der Waals surface area contributed by atoms with Crippen LogP contribution in [0, 0.1) is 11.3 Å². The van der Waals surface area contributed by atoms with Gasteiger partial charge in [0.15, 0.2) is 0 Å². The third kappa shape index (κ3) is 4.52. The third-order valence-electron chi connectivity index (χ3n) is 3.21. The molecule has 0 heterocycles.